The van der Waals surface area contributed by atoms with E-state index in [1.807, 2.05) is 17.8 Å². The molecule has 3 saturated carbocycles. The van der Waals surface area contributed by atoms with Gasteiger partial charge in [0, 0.05) is 41.5 Å². The smallest absolute Gasteiger partial charge is 0.166 e. The summed E-state index contributed by atoms with van der Waals surface area (Å²) in [5.41, 5.74) is 2.03. The van der Waals surface area contributed by atoms with Gasteiger partial charge in [-0.3, -0.25) is 0 Å². The molecule has 0 amide bonds. The standard InChI is InChI=1S/C24H25ClFN5/c1-12-13-3-5-14(6-4-13)20(12)28-22-16-7-8-31(2)24(16)30-23(29-22)18-11-27-21-17(18)9-15(25)10-19(21)26/h7-14,20,27H,3-6H2,1-2H3,(H,28,29,30)/t12-,13?,14?,20+/m1/s1. The highest BCUT2D eigenvalue weighted by Gasteiger charge is 2.41. The quantitative estimate of drug-likeness (QED) is 0.404. The van der Waals surface area contributed by atoms with Crippen molar-refractivity contribution >= 4 is 39.4 Å². The number of aromatic amines is 1. The zero-order valence-corrected chi connectivity index (χ0v) is 18.4. The molecule has 0 aliphatic heterocycles. The summed E-state index contributed by atoms with van der Waals surface area (Å²) >= 11 is 6.14. The maximum Gasteiger partial charge on any atom is 0.166 e. The Labute approximate surface area is 185 Å². The second kappa shape index (κ2) is 6.95. The highest BCUT2D eigenvalue weighted by molar-refractivity contribution is 6.31. The molecule has 5 nitrogen and oxygen atoms in total. The molecule has 3 aromatic heterocycles. The molecule has 31 heavy (non-hydrogen) atoms. The van der Waals surface area contributed by atoms with Crippen LogP contribution in [0.15, 0.2) is 30.6 Å². The van der Waals surface area contributed by atoms with Gasteiger partial charge in [0.05, 0.1) is 10.9 Å². The molecule has 4 aromatic rings. The molecule has 160 valence electrons. The fourth-order valence-electron chi connectivity index (χ4n) is 5.87. The van der Waals surface area contributed by atoms with Crippen molar-refractivity contribution in [3.8, 4) is 11.4 Å². The molecule has 3 aliphatic carbocycles. The van der Waals surface area contributed by atoms with Gasteiger partial charge >= 0.3 is 0 Å². The number of anilines is 1. The minimum absolute atomic E-state index is 0.358. The maximum atomic E-state index is 14.4. The molecule has 7 rings (SSSR count). The van der Waals surface area contributed by atoms with Crippen molar-refractivity contribution in [3.05, 3.63) is 41.4 Å². The van der Waals surface area contributed by atoms with Crippen LogP contribution in [0.3, 0.4) is 0 Å². The van der Waals surface area contributed by atoms with Gasteiger partial charge in [-0.05, 0) is 61.6 Å². The third-order valence-electron chi connectivity index (χ3n) is 7.61. The van der Waals surface area contributed by atoms with Crippen molar-refractivity contribution in [3.63, 3.8) is 0 Å². The van der Waals surface area contributed by atoms with Gasteiger partial charge in [-0.1, -0.05) is 18.5 Å². The molecule has 0 spiro atoms. The number of H-pyrrole nitrogens is 1. The lowest BCUT2D eigenvalue weighted by Crippen LogP contribution is -2.47. The SMILES string of the molecule is C[C@@H]1C2CCC(CC2)[C@H]1Nc1nc(-c2c[nH]c3c(F)cc(Cl)cc23)nc2c1ccn2C. The first-order valence-electron chi connectivity index (χ1n) is 11.1. The molecule has 3 heterocycles. The molecule has 0 saturated heterocycles. The molecule has 7 heteroatoms. The summed E-state index contributed by atoms with van der Waals surface area (Å²) in [5, 5.41) is 5.88. The van der Waals surface area contributed by atoms with Crippen molar-refractivity contribution in [2.24, 2.45) is 24.8 Å². The molecule has 2 bridgehead atoms. The minimum Gasteiger partial charge on any atom is -0.366 e. The summed E-state index contributed by atoms with van der Waals surface area (Å²) in [7, 11) is 1.99. The number of hydrogen-bond donors (Lipinski definition) is 2. The number of nitrogens with one attached hydrogen (secondary N) is 2. The lowest BCUT2D eigenvalue weighted by atomic mass is 9.62. The number of hydrogen-bond acceptors (Lipinski definition) is 3. The van der Waals surface area contributed by atoms with Crippen molar-refractivity contribution < 1.29 is 4.39 Å². The van der Waals surface area contributed by atoms with E-state index in [9.17, 15) is 4.39 Å². The molecule has 1 aromatic carbocycles. The Balaban J connectivity index is 1.49. The summed E-state index contributed by atoms with van der Waals surface area (Å²) in [6, 6.07) is 5.57. The van der Waals surface area contributed by atoms with Crippen molar-refractivity contribution in [2.45, 2.75) is 38.6 Å². The lowest BCUT2D eigenvalue weighted by molar-refractivity contribution is 0.0929. The molecular formula is C24H25ClFN5. The Hall–Kier alpha value is -2.60. The van der Waals surface area contributed by atoms with E-state index < -0.39 is 0 Å². The minimum atomic E-state index is -0.376. The topological polar surface area (TPSA) is 58.5 Å². The van der Waals surface area contributed by atoms with Gasteiger partial charge in [0.2, 0.25) is 0 Å². The Morgan fingerprint density at radius 1 is 1.13 bits per heavy atom. The molecule has 3 aliphatic rings. The first kappa shape index (κ1) is 19.1. The number of fused-ring (bicyclic) bond motifs is 5. The van der Waals surface area contributed by atoms with Gasteiger partial charge in [-0.25, -0.2) is 14.4 Å². The molecule has 0 radical (unpaired) electrons. The van der Waals surface area contributed by atoms with E-state index in [4.69, 9.17) is 21.6 Å². The van der Waals surface area contributed by atoms with Crippen molar-refractivity contribution in [1.82, 2.24) is 19.5 Å². The van der Waals surface area contributed by atoms with Crippen molar-refractivity contribution in [1.29, 1.82) is 0 Å². The average Bonchev–Trinajstić information content (AvgIpc) is 3.35. The van der Waals surface area contributed by atoms with E-state index in [0.717, 1.165) is 28.3 Å². The van der Waals surface area contributed by atoms with Gasteiger partial charge < -0.3 is 14.9 Å². The van der Waals surface area contributed by atoms with Crippen LogP contribution in [0.2, 0.25) is 5.02 Å². The van der Waals surface area contributed by atoms with Crippen LogP contribution in [-0.2, 0) is 7.05 Å². The van der Waals surface area contributed by atoms with Crippen LogP contribution in [0.5, 0.6) is 0 Å². The Bertz CT molecular complexity index is 1300. The van der Waals surface area contributed by atoms with Crippen LogP contribution >= 0.6 is 11.6 Å². The molecule has 0 unspecified atom stereocenters. The Kier molecular flexibility index (Phi) is 4.29. The average molecular weight is 438 g/mol. The lowest BCUT2D eigenvalue weighted by Gasteiger charge is -2.47. The van der Waals surface area contributed by atoms with E-state index in [1.165, 1.54) is 31.7 Å². The molecule has 2 atom stereocenters. The number of nitrogens with zero attached hydrogens (tertiary/aromatic N) is 3. The van der Waals surface area contributed by atoms with E-state index in [0.29, 0.717) is 39.6 Å². The first-order chi connectivity index (χ1) is 15.0. The Morgan fingerprint density at radius 3 is 2.68 bits per heavy atom. The number of halogens is 2. The summed E-state index contributed by atoms with van der Waals surface area (Å²) in [5.74, 6) is 3.18. The normalized spacial score (nSPS) is 25.5. The van der Waals surface area contributed by atoms with E-state index in [1.54, 1.807) is 12.3 Å². The predicted octanol–water partition coefficient (Wildman–Crippen LogP) is 6.15. The Morgan fingerprint density at radius 2 is 1.90 bits per heavy atom. The zero-order valence-electron chi connectivity index (χ0n) is 17.6. The van der Waals surface area contributed by atoms with Crippen LogP contribution in [0.1, 0.15) is 32.6 Å². The summed E-state index contributed by atoms with van der Waals surface area (Å²) in [6.45, 7) is 2.38. The summed E-state index contributed by atoms with van der Waals surface area (Å²) in [4.78, 5) is 12.8. The van der Waals surface area contributed by atoms with Gasteiger partial charge in [-0.15, -0.1) is 0 Å². The van der Waals surface area contributed by atoms with Crippen LogP contribution in [0.25, 0.3) is 33.3 Å². The van der Waals surface area contributed by atoms with Crippen LogP contribution in [0, 0.1) is 23.6 Å². The highest BCUT2D eigenvalue weighted by atomic mass is 35.5. The highest BCUT2D eigenvalue weighted by Crippen LogP contribution is 2.46. The molecule has 2 N–H and O–H groups in total. The van der Waals surface area contributed by atoms with E-state index >= 15 is 0 Å². The van der Waals surface area contributed by atoms with Gasteiger partial charge in [0.1, 0.15) is 17.3 Å². The maximum absolute atomic E-state index is 14.4. The van der Waals surface area contributed by atoms with Crippen molar-refractivity contribution in [2.75, 3.05) is 5.32 Å². The van der Waals surface area contributed by atoms with E-state index in [-0.39, 0.29) is 5.82 Å². The van der Waals surface area contributed by atoms with E-state index in [2.05, 4.69) is 23.3 Å². The number of benzene rings is 1. The molecule has 3 fully saturated rings. The number of rotatable bonds is 3. The number of aryl methyl sites for hydroxylation is 1. The van der Waals surface area contributed by atoms with Gasteiger partial charge in [0.15, 0.2) is 5.82 Å². The largest absolute Gasteiger partial charge is 0.366 e. The predicted molar refractivity (Wildman–Crippen MR) is 123 cm³/mol. The first-order valence-corrected chi connectivity index (χ1v) is 11.4. The molecular weight excluding hydrogens is 413 g/mol. The number of aromatic nitrogens is 4. The fourth-order valence-corrected chi connectivity index (χ4v) is 6.07. The van der Waals surface area contributed by atoms with Crippen LogP contribution in [-0.4, -0.2) is 25.6 Å². The van der Waals surface area contributed by atoms with Gasteiger partial charge in [0.25, 0.3) is 0 Å². The zero-order chi connectivity index (χ0) is 21.3. The summed E-state index contributed by atoms with van der Waals surface area (Å²) in [6.07, 6.45) is 9.06. The third kappa shape index (κ3) is 2.95. The monoisotopic (exact) mass is 437 g/mol. The summed E-state index contributed by atoms with van der Waals surface area (Å²) < 4.78 is 16.4. The van der Waals surface area contributed by atoms with Crippen LogP contribution in [0.4, 0.5) is 10.2 Å². The third-order valence-corrected chi connectivity index (χ3v) is 7.83. The van der Waals surface area contributed by atoms with Gasteiger partial charge in [-0.2, -0.15) is 0 Å². The fraction of sp³-hybridized carbons (Fsp3) is 0.417. The van der Waals surface area contributed by atoms with Crippen LogP contribution < -0.4 is 5.32 Å². The second-order valence-corrected chi connectivity index (χ2v) is 9.71. The second-order valence-electron chi connectivity index (χ2n) is 9.28.